The van der Waals surface area contributed by atoms with E-state index in [-0.39, 0.29) is 12.4 Å². The molecule has 4 nitrogen and oxygen atoms in total. The molecule has 0 amide bonds. The number of benzene rings is 3. The number of rotatable bonds is 6. The average molecular weight is 473 g/mol. The molecule has 0 aliphatic heterocycles. The van der Waals surface area contributed by atoms with Gasteiger partial charge >= 0.3 is 5.97 Å². The first-order valence-electron chi connectivity index (χ1n) is 8.56. The van der Waals surface area contributed by atoms with Crippen molar-refractivity contribution in [2.75, 3.05) is 5.32 Å². The van der Waals surface area contributed by atoms with Gasteiger partial charge in [0.25, 0.3) is 0 Å². The van der Waals surface area contributed by atoms with Gasteiger partial charge in [0.1, 0.15) is 12.4 Å². The molecule has 5 heteroatoms. The highest BCUT2D eigenvalue weighted by Crippen LogP contribution is 2.27. The summed E-state index contributed by atoms with van der Waals surface area (Å²) in [5.74, 6) is -0.232. The van der Waals surface area contributed by atoms with Crippen LogP contribution in [0.15, 0.2) is 66.7 Å². The van der Waals surface area contributed by atoms with E-state index < -0.39 is 5.97 Å². The number of carbonyl (C=O) groups is 1. The first kappa shape index (κ1) is 19.2. The molecule has 0 aliphatic carbocycles. The van der Waals surface area contributed by atoms with E-state index in [9.17, 15) is 9.90 Å². The molecule has 0 bridgehead atoms. The highest BCUT2D eigenvalue weighted by Gasteiger charge is 2.14. The molecule has 138 valence electrons. The molecule has 0 aromatic heterocycles. The van der Waals surface area contributed by atoms with E-state index in [1.807, 2.05) is 84.1 Å². The van der Waals surface area contributed by atoms with Crippen LogP contribution in [0.2, 0.25) is 0 Å². The Balaban J connectivity index is 1.72. The summed E-state index contributed by atoms with van der Waals surface area (Å²) in [7, 11) is 0. The SMILES string of the molecule is Cc1cccc(NCc2cc(C(=O)OCc3ccccc3)cc(I)c2O)c1. The molecule has 0 saturated heterocycles. The lowest BCUT2D eigenvalue weighted by molar-refractivity contribution is 0.0472. The fourth-order valence-corrected chi connectivity index (χ4v) is 3.35. The molecular formula is C22H20INO3. The molecule has 0 unspecified atom stereocenters. The van der Waals surface area contributed by atoms with E-state index in [0.29, 0.717) is 21.2 Å². The summed E-state index contributed by atoms with van der Waals surface area (Å²) in [4.78, 5) is 12.4. The molecule has 27 heavy (non-hydrogen) atoms. The predicted molar refractivity (Wildman–Crippen MR) is 115 cm³/mol. The lowest BCUT2D eigenvalue weighted by Crippen LogP contribution is -2.08. The fourth-order valence-electron chi connectivity index (χ4n) is 2.67. The number of anilines is 1. The number of hydrogen-bond donors (Lipinski definition) is 2. The third kappa shape index (κ3) is 5.23. The van der Waals surface area contributed by atoms with Crippen LogP contribution >= 0.6 is 22.6 Å². The number of phenols is 1. The zero-order valence-electron chi connectivity index (χ0n) is 14.9. The van der Waals surface area contributed by atoms with Crippen molar-refractivity contribution in [2.24, 2.45) is 0 Å². The van der Waals surface area contributed by atoms with Crippen LogP contribution in [-0.4, -0.2) is 11.1 Å². The quantitative estimate of drug-likeness (QED) is 0.378. The van der Waals surface area contributed by atoms with Crippen molar-refractivity contribution in [3.8, 4) is 5.75 Å². The Morgan fingerprint density at radius 2 is 1.85 bits per heavy atom. The lowest BCUT2D eigenvalue weighted by Gasteiger charge is -2.12. The molecule has 0 radical (unpaired) electrons. The maximum Gasteiger partial charge on any atom is 0.338 e. The first-order valence-corrected chi connectivity index (χ1v) is 9.64. The summed E-state index contributed by atoms with van der Waals surface area (Å²) in [6.07, 6.45) is 0. The van der Waals surface area contributed by atoms with E-state index in [0.717, 1.165) is 16.8 Å². The number of esters is 1. The molecule has 0 heterocycles. The van der Waals surface area contributed by atoms with Crippen LogP contribution < -0.4 is 5.32 Å². The van der Waals surface area contributed by atoms with Gasteiger partial charge < -0.3 is 15.2 Å². The smallest absolute Gasteiger partial charge is 0.338 e. The molecule has 0 fully saturated rings. The highest BCUT2D eigenvalue weighted by atomic mass is 127. The second-order valence-corrected chi connectivity index (χ2v) is 7.41. The number of ether oxygens (including phenoxy) is 1. The van der Waals surface area contributed by atoms with E-state index in [1.54, 1.807) is 12.1 Å². The van der Waals surface area contributed by atoms with Crippen LogP contribution in [0.1, 0.15) is 27.0 Å². The van der Waals surface area contributed by atoms with E-state index in [4.69, 9.17) is 4.74 Å². The van der Waals surface area contributed by atoms with Crippen molar-refractivity contribution in [3.05, 3.63) is 92.6 Å². The van der Waals surface area contributed by atoms with Crippen molar-refractivity contribution in [1.29, 1.82) is 0 Å². The number of halogens is 1. The van der Waals surface area contributed by atoms with Crippen molar-refractivity contribution in [2.45, 2.75) is 20.1 Å². The van der Waals surface area contributed by atoms with Gasteiger partial charge in [0.15, 0.2) is 0 Å². The van der Waals surface area contributed by atoms with Crippen LogP contribution in [0, 0.1) is 10.5 Å². The summed E-state index contributed by atoms with van der Waals surface area (Å²) >= 11 is 2.02. The second kappa shape index (κ2) is 8.90. The number of carbonyl (C=O) groups excluding carboxylic acids is 1. The Kier molecular flexibility index (Phi) is 6.34. The highest BCUT2D eigenvalue weighted by molar-refractivity contribution is 14.1. The lowest BCUT2D eigenvalue weighted by atomic mass is 10.1. The largest absolute Gasteiger partial charge is 0.506 e. The predicted octanol–water partition coefficient (Wildman–Crippen LogP) is 5.27. The summed E-state index contributed by atoms with van der Waals surface area (Å²) < 4.78 is 6.01. The molecule has 3 rings (SSSR count). The van der Waals surface area contributed by atoms with Crippen molar-refractivity contribution >= 4 is 34.2 Å². The third-order valence-electron chi connectivity index (χ3n) is 4.09. The maximum atomic E-state index is 12.4. The van der Waals surface area contributed by atoms with Crippen LogP contribution in [-0.2, 0) is 17.9 Å². The standard InChI is InChI=1S/C22H20INO3/c1-15-6-5-9-19(10-15)24-13-18-11-17(12-20(23)21(18)25)22(26)27-14-16-7-3-2-4-8-16/h2-12,24-25H,13-14H2,1H3. The number of aryl methyl sites for hydroxylation is 1. The number of hydrogen-bond acceptors (Lipinski definition) is 4. The van der Waals surface area contributed by atoms with Crippen LogP contribution in [0.4, 0.5) is 5.69 Å². The van der Waals surface area contributed by atoms with Gasteiger partial charge in [-0.15, -0.1) is 0 Å². The first-order chi connectivity index (χ1) is 13.0. The topological polar surface area (TPSA) is 58.6 Å². The summed E-state index contributed by atoms with van der Waals surface area (Å²) in [6.45, 7) is 2.65. The minimum atomic E-state index is -0.409. The van der Waals surface area contributed by atoms with Gasteiger partial charge in [-0.25, -0.2) is 4.79 Å². The minimum absolute atomic E-state index is 0.176. The van der Waals surface area contributed by atoms with E-state index in [2.05, 4.69) is 5.32 Å². The van der Waals surface area contributed by atoms with Gasteiger partial charge in [-0.3, -0.25) is 0 Å². The molecule has 2 N–H and O–H groups in total. The monoisotopic (exact) mass is 473 g/mol. The molecule has 3 aromatic carbocycles. The molecule has 3 aromatic rings. The molecule has 0 aliphatic rings. The number of phenolic OH excluding ortho intramolecular Hbond substituents is 1. The third-order valence-corrected chi connectivity index (χ3v) is 4.91. The minimum Gasteiger partial charge on any atom is -0.506 e. The van der Waals surface area contributed by atoms with Gasteiger partial charge in [-0.2, -0.15) is 0 Å². The van der Waals surface area contributed by atoms with Crippen LogP contribution in [0.5, 0.6) is 5.75 Å². The zero-order chi connectivity index (χ0) is 19.2. The number of aromatic hydroxyl groups is 1. The van der Waals surface area contributed by atoms with Gasteiger partial charge in [0.05, 0.1) is 9.13 Å². The van der Waals surface area contributed by atoms with Gasteiger partial charge in [-0.05, 0) is 64.9 Å². The van der Waals surface area contributed by atoms with Crippen LogP contribution in [0.3, 0.4) is 0 Å². The van der Waals surface area contributed by atoms with Crippen molar-refractivity contribution < 1.29 is 14.6 Å². The summed E-state index contributed by atoms with van der Waals surface area (Å²) in [5.41, 5.74) is 4.11. The fraction of sp³-hybridized carbons (Fsp3) is 0.136. The zero-order valence-corrected chi connectivity index (χ0v) is 17.1. The van der Waals surface area contributed by atoms with E-state index >= 15 is 0 Å². The molecule has 0 atom stereocenters. The van der Waals surface area contributed by atoms with Gasteiger partial charge in [-0.1, -0.05) is 42.5 Å². The van der Waals surface area contributed by atoms with Crippen LogP contribution in [0.25, 0.3) is 0 Å². The van der Waals surface area contributed by atoms with Gasteiger partial charge in [0, 0.05) is 17.8 Å². The Bertz CT molecular complexity index is 942. The second-order valence-electron chi connectivity index (χ2n) is 6.25. The Morgan fingerprint density at radius 3 is 2.59 bits per heavy atom. The summed E-state index contributed by atoms with van der Waals surface area (Å²) in [5, 5.41) is 13.6. The molecule has 0 spiro atoms. The summed E-state index contributed by atoms with van der Waals surface area (Å²) in [6, 6.07) is 20.8. The Labute approximate surface area is 172 Å². The van der Waals surface area contributed by atoms with Crippen molar-refractivity contribution in [1.82, 2.24) is 0 Å². The Morgan fingerprint density at radius 1 is 1.07 bits per heavy atom. The van der Waals surface area contributed by atoms with E-state index in [1.165, 1.54) is 0 Å². The Hall–Kier alpha value is -2.54. The average Bonchev–Trinajstić information content (AvgIpc) is 2.68. The van der Waals surface area contributed by atoms with Gasteiger partial charge in [0.2, 0.25) is 0 Å². The molecular weight excluding hydrogens is 453 g/mol. The molecule has 0 saturated carbocycles. The maximum absolute atomic E-state index is 12.4. The number of nitrogens with one attached hydrogen (secondary N) is 1. The van der Waals surface area contributed by atoms with Crippen molar-refractivity contribution in [3.63, 3.8) is 0 Å². The normalized spacial score (nSPS) is 10.4.